The van der Waals surface area contributed by atoms with Crippen LogP contribution in [0.3, 0.4) is 0 Å². The van der Waals surface area contributed by atoms with Gasteiger partial charge in [-0.25, -0.2) is 0 Å². The van der Waals surface area contributed by atoms with Crippen molar-refractivity contribution in [2.75, 3.05) is 6.54 Å². The minimum Gasteiger partial charge on any atom is -0.355 e. The van der Waals surface area contributed by atoms with Gasteiger partial charge < -0.3 is 10.6 Å². The molecule has 2 N–H and O–H groups in total. The molecular weight excluding hydrogens is 242 g/mol. The Balaban J connectivity index is 2.68. The lowest BCUT2D eigenvalue weighted by atomic mass is 9.81. The minimum atomic E-state index is -0.947. The number of nitrogens with one attached hydrogen (secondary N) is 2. The van der Waals surface area contributed by atoms with E-state index in [2.05, 4.69) is 16.7 Å². The van der Waals surface area contributed by atoms with Gasteiger partial charge in [-0.15, -0.1) is 0 Å². The standard InChI is InChI=1S/C14H23N3O2/c1-3-16-12(18)11(2)17-13(19)14(10-15)8-6-4-5-7-9-14/h11H,3-9H2,1-2H3,(H,16,18)(H,17,19). The molecule has 1 atom stereocenters. The molecule has 0 aliphatic heterocycles. The van der Waals surface area contributed by atoms with Crippen molar-refractivity contribution in [1.29, 1.82) is 5.26 Å². The summed E-state index contributed by atoms with van der Waals surface area (Å²) in [5.74, 6) is -0.506. The SMILES string of the molecule is CCNC(=O)C(C)NC(=O)C1(C#N)CCCCCC1. The summed E-state index contributed by atoms with van der Waals surface area (Å²) in [6.45, 7) is 4.00. The zero-order chi connectivity index (χ0) is 14.3. The molecule has 0 aromatic heterocycles. The Labute approximate surface area is 114 Å². The maximum absolute atomic E-state index is 12.3. The highest BCUT2D eigenvalue weighted by molar-refractivity contribution is 5.91. The van der Waals surface area contributed by atoms with Crippen LogP contribution in [0, 0.1) is 16.7 Å². The Morgan fingerprint density at radius 1 is 1.26 bits per heavy atom. The molecule has 1 saturated carbocycles. The van der Waals surface area contributed by atoms with Gasteiger partial charge in [0.15, 0.2) is 0 Å². The number of nitrogens with zero attached hydrogens (tertiary/aromatic N) is 1. The quantitative estimate of drug-likeness (QED) is 0.756. The van der Waals surface area contributed by atoms with Crippen LogP contribution < -0.4 is 10.6 Å². The first-order valence-corrected chi connectivity index (χ1v) is 7.05. The molecule has 1 fully saturated rings. The van der Waals surface area contributed by atoms with Crippen LogP contribution in [-0.2, 0) is 9.59 Å². The highest BCUT2D eigenvalue weighted by Gasteiger charge is 2.39. The van der Waals surface area contributed by atoms with E-state index < -0.39 is 11.5 Å². The first-order chi connectivity index (χ1) is 9.05. The molecule has 0 radical (unpaired) electrons. The molecule has 0 spiro atoms. The molecule has 0 aromatic rings. The highest BCUT2D eigenvalue weighted by Crippen LogP contribution is 2.34. The molecule has 2 amide bonds. The maximum atomic E-state index is 12.3. The van der Waals surface area contributed by atoms with Gasteiger partial charge in [-0.1, -0.05) is 25.7 Å². The van der Waals surface area contributed by atoms with Gasteiger partial charge in [0.1, 0.15) is 11.5 Å². The Kier molecular flexibility index (Phi) is 5.81. The van der Waals surface area contributed by atoms with E-state index in [0.29, 0.717) is 19.4 Å². The Morgan fingerprint density at radius 3 is 2.32 bits per heavy atom. The van der Waals surface area contributed by atoms with Crippen LogP contribution in [0.5, 0.6) is 0 Å². The second kappa shape index (κ2) is 7.13. The van der Waals surface area contributed by atoms with Gasteiger partial charge in [-0.2, -0.15) is 5.26 Å². The van der Waals surface area contributed by atoms with Gasteiger partial charge in [0, 0.05) is 6.54 Å². The van der Waals surface area contributed by atoms with Crippen LogP contribution in [0.25, 0.3) is 0 Å². The van der Waals surface area contributed by atoms with Gasteiger partial charge in [-0.3, -0.25) is 9.59 Å². The van der Waals surface area contributed by atoms with Gasteiger partial charge in [0.05, 0.1) is 6.07 Å². The molecule has 0 heterocycles. The molecule has 0 aromatic carbocycles. The molecule has 5 heteroatoms. The molecule has 19 heavy (non-hydrogen) atoms. The summed E-state index contributed by atoms with van der Waals surface area (Å²) in [5.41, 5.74) is -0.947. The number of carbonyl (C=O) groups is 2. The lowest BCUT2D eigenvalue weighted by Gasteiger charge is -2.25. The van der Waals surface area contributed by atoms with Gasteiger partial charge in [0.2, 0.25) is 11.8 Å². The maximum Gasteiger partial charge on any atom is 0.242 e. The predicted octanol–water partition coefficient (Wildman–Crippen LogP) is 1.49. The second-order valence-corrected chi connectivity index (χ2v) is 5.20. The van der Waals surface area contributed by atoms with E-state index in [-0.39, 0.29) is 11.8 Å². The topological polar surface area (TPSA) is 82.0 Å². The van der Waals surface area contributed by atoms with E-state index >= 15 is 0 Å². The lowest BCUT2D eigenvalue weighted by molar-refractivity contribution is -0.133. The summed E-state index contributed by atoms with van der Waals surface area (Å²) in [6.07, 6.45) is 5.13. The molecule has 0 bridgehead atoms. The molecule has 0 saturated heterocycles. The number of likely N-dealkylation sites (N-methyl/N-ethyl adjacent to an activating group) is 1. The van der Waals surface area contributed by atoms with E-state index in [1.807, 2.05) is 6.92 Å². The molecule has 1 aliphatic carbocycles. The summed E-state index contributed by atoms with van der Waals surface area (Å²) in [4.78, 5) is 23.9. The minimum absolute atomic E-state index is 0.211. The molecule has 1 rings (SSSR count). The van der Waals surface area contributed by atoms with E-state index in [1.54, 1.807) is 6.92 Å². The third-order valence-corrected chi connectivity index (χ3v) is 3.70. The van der Waals surface area contributed by atoms with Gasteiger partial charge in [-0.05, 0) is 26.7 Å². The zero-order valence-corrected chi connectivity index (χ0v) is 11.8. The van der Waals surface area contributed by atoms with Crippen molar-refractivity contribution in [3.8, 4) is 6.07 Å². The molecule has 5 nitrogen and oxygen atoms in total. The van der Waals surface area contributed by atoms with Crippen LogP contribution in [-0.4, -0.2) is 24.4 Å². The Morgan fingerprint density at radius 2 is 1.84 bits per heavy atom. The number of nitriles is 1. The van der Waals surface area contributed by atoms with Crippen molar-refractivity contribution >= 4 is 11.8 Å². The van der Waals surface area contributed by atoms with Crippen molar-refractivity contribution in [2.24, 2.45) is 5.41 Å². The summed E-state index contributed by atoms with van der Waals surface area (Å²) < 4.78 is 0. The van der Waals surface area contributed by atoms with Crippen molar-refractivity contribution in [1.82, 2.24) is 10.6 Å². The molecule has 1 aliphatic rings. The average molecular weight is 265 g/mol. The summed E-state index contributed by atoms with van der Waals surface area (Å²) in [7, 11) is 0. The summed E-state index contributed by atoms with van der Waals surface area (Å²) >= 11 is 0. The third kappa shape index (κ3) is 3.95. The smallest absolute Gasteiger partial charge is 0.242 e. The van der Waals surface area contributed by atoms with Crippen LogP contribution in [0.2, 0.25) is 0 Å². The lowest BCUT2D eigenvalue weighted by Crippen LogP contribution is -2.50. The van der Waals surface area contributed by atoms with E-state index in [9.17, 15) is 14.9 Å². The highest BCUT2D eigenvalue weighted by atomic mass is 16.2. The fraction of sp³-hybridized carbons (Fsp3) is 0.786. The first-order valence-electron chi connectivity index (χ1n) is 7.05. The van der Waals surface area contributed by atoms with Crippen molar-refractivity contribution < 1.29 is 9.59 Å². The van der Waals surface area contributed by atoms with E-state index in [0.717, 1.165) is 25.7 Å². The van der Waals surface area contributed by atoms with Crippen molar-refractivity contribution in [2.45, 2.75) is 58.4 Å². The summed E-state index contributed by atoms with van der Waals surface area (Å²) in [6, 6.07) is 1.59. The van der Waals surface area contributed by atoms with Crippen LogP contribution in [0.15, 0.2) is 0 Å². The number of rotatable bonds is 4. The van der Waals surface area contributed by atoms with Crippen LogP contribution in [0.4, 0.5) is 0 Å². The molecular formula is C14H23N3O2. The average Bonchev–Trinajstić information content (AvgIpc) is 2.65. The first kappa shape index (κ1) is 15.5. The van der Waals surface area contributed by atoms with Crippen LogP contribution in [0.1, 0.15) is 52.4 Å². The third-order valence-electron chi connectivity index (χ3n) is 3.70. The largest absolute Gasteiger partial charge is 0.355 e. The van der Waals surface area contributed by atoms with Crippen LogP contribution >= 0.6 is 0 Å². The monoisotopic (exact) mass is 265 g/mol. The predicted molar refractivity (Wildman–Crippen MR) is 72.0 cm³/mol. The van der Waals surface area contributed by atoms with Gasteiger partial charge in [0.25, 0.3) is 0 Å². The van der Waals surface area contributed by atoms with Crippen molar-refractivity contribution in [3.05, 3.63) is 0 Å². The fourth-order valence-corrected chi connectivity index (χ4v) is 2.45. The van der Waals surface area contributed by atoms with E-state index in [1.165, 1.54) is 0 Å². The summed E-state index contributed by atoms with van der Waals surface area (Å²) in [5, 5.41) is 14.7. The number of carbonyl (C=O) groups excluding carboxylic acids is 2. The number of hydrogen-bond acceptors (Lipinski definition) is 3. The second-order valence-electron chi connectivity index (χ2n) is 5.20. The zero-order valence-electron chi connectivity index (χ0n) is 11.8. The molecule has 1 unspecified atom stereocenters. The molecule has 106 valence electrons. The van der Waals surface area contributed by atoms with Gasteiger partial charge >= 0.3 is 0 Å². The number of hydrogen-bond donors (Lipinski definition) is 2. The fourth-order valence-electron chi connectivity index (χ4n) is 2.45. The van der Waals surface area contributed by atoms with E-state index in [4.69, 9.17) is 0 Å². The van der Waals surface area contributed by atoms with Crippen molar-refractivity contribution in [3.63, 3.8) is 0 Å². The Hall–Kier alpha value is -1.57. The Bertz CT molecular complexity index is 365. The number of amides is 2. The normalized spacial score (nSPS) is 19.6.